The minimum atomic E-state index is -1.16. The number of aliphatic hydroxyl groups excluding tert-OH is 2. The van der Waals surface area contributed by atoms with Gasteiger partial charge in [-0.05, 0) is 51.2 Å². The average Bonchev–Trinajstić information content (AvgIpc) is 2.84. The first-order valence-corrected chi connectivity index (χ1v) is 12.6. The van der Waals surface area contributed by atoms with Crippen molar-refractivity contribution in [1.82, 2.24) is 5.32 Å². The highest BCUT2D eigenvalue weighted by Crippen LogP contribution is 2.40. The van der Waals surface area contributed by atoms with Gasteiger partial charge in [-0.2, -0.15) is 0 Å². The molecule has 0 bridgehead atoms. The molecule has 1 unspecified atom stereocenters. The zero-order valence-electron chi connectivity index (χ0n) is 23.3. The second kappa shape index (κ2) is 14.6. The first-order valence-electron chi connectivity index (χ1n) is 12.6. The van der Waals surface area contributed by atoms with Gasteiger partial charge in [-0.3, -0.25) is 14.4 Å². The number of hydrogen-bond donors (Lipinski definition) is 3. The van der Waals surface area contributed by atoms with Crippen LogP contribution in [0.15, 0.2) is 70.9 Å². The van der Waals surface area contributed by atoms with Gasteiger partial charge >= 0.3 is 5.97 Å². The molecular weight excluding hydrogens is 470 g/mol. The maximum Gasteiger partial charge on any atom is 0.307 e. The van der Waals surface area contributed by atoms with E-state index in [0.717, 1.165) is 16.7 Å². The molecule has 0 aromatic carbocycles. The van der Waals surface area contributed by atoms with Crippen LogP contribution in [0.4, 0.5) is 0 Å². The number of Topliss-reactive ketones (excluding diaryl/α,β-unsaturated/α-hetero) is 1. The number of rotatable bonds is 12. The number of aliphatic hydroxyl groups is 2. The van der Waals surface area contributed by atoms with Crippen LogP contribution in [0.3, 0.4) is 0 Å². The molecule has 0 heterocycles. The predicted octanol–water partition coefficient (Wildman–Crippen LogP) is 4.43. The summed E-state index contributed by atoms with van der Waals surface area (Å²) in [7, 11) is 0. The summed E-state index contributed by atoms with van der Waals surface area (Å²) < 4.78 is 5.46. The minimum Gasteiger partial charge on any atom is -0.454 e. The van der Waals surface area contributed by atoms with Crippen molar-refractivity contribution in [3.8, 4) is 0 Å². The van der Waals surface area contributed by atoms with Gasteiger partial charge in [0.25, 0.3) is 0 Å². The number of esters is 1. The van der Waals surface area contributed by atoms with E-state index in [0.29, 0.717) is 12.0 Å². The van der Waals surface area contributed by atoms with Gasteiger partial charge in [0.05, 0.1) is 25.2 Å². The Kier molecular flexibility index (Phi) is 12.7. The molecule has 1 aliphatic rings. The minimum absolute atomic E-state index is 0.174. The molecule has 0 aliphatic heterocycles. The largest absolute Gasteiger partial charge is 0.454 e. The van der Waals surface area contributed by atoms with Gasteiger partial charge in [-0.1, -0.05) is 73.6 Å². The van der Waals surface area contributed by atoms with Gasteiger partial charge < -0.3 is 20.3 Å². The Morgan fingerprint density at radius 3 is 2.27 bits per heavy atom. The monoisotopic (exact) mass is 513 g/mol. The van der Waals surface area contributed by atoms with Crippen LogP contribution in [0.2, 0.25) is 0 Å². The Labute approximate surface area is 221 Å². The quantitative estimate of drug-likeness (QED) is 0.263. The molecule has 0 saturated heterocycles. The Morgan fingerprint density at radius 2 is 1.68 bits per heavy atom. The molecule has 0 aromatic rings. The van der Waals surface area contributed by atoms with E-state index in [-0.39, 0.29) is 18.6 Å². The van der Waals surface area contributed by atoms with Crippen LogP contribution in [0.25, 0.3) is 0 Å². The number of allylic oxidation sites excluding steroid dienone is 11. The van der Waals surface area contributed by atoms with Gasteiger partial charge in [-0.25, -0.2) is 0 Å². The Balaban J connectivity index is 2.85. The predicted molar refractivity (Wildman–Crippen MR) is 147 cm³/mol. The van der Waals surface area contributed by atoms with Crippen molar-refractivity contribution >= 4 is 17.7 Å². The Bertz CT molecular complexity index is 1020. The molecule has 7 heteroatoms. The maximum atomic E-state index is 13.0. The summed E-state index contributed by atoms with van der Waals surface area (Å²) in [6.07, 6.45) is 15.0. The van der Waals surface area contributed by atoms with E-state index in [1.54, 1.807) is 6.92 Å². The van der Waals surface area contributed by atoms with Crippen molar-refractivity contribution in [2.75, 3.05) is 13.2 Å². The van der Waals surface area contributed by atoms with E-state index in [2.05, 4.69) is 5.32 Å². The Hall–Kier alpha value is -3.03. The van der Waals surface area contributed by atoms with E-state index in [1.807, 2.05) is 83.2 Å². The number of carbonyl (C=O) groups is 3. The fourth-order valence-electron chi connectivity index (χ4n) is 3.88. The van der Waals surface area contributed by atoms with Gasteiger partial charge in [0.2, 0.25) is 5.91 Å². The number of ketones is 1. The highest BCUT2D eigenvalue weighted by molar-refractivity contribution is 6.01. The number of carbonyl (C=O) groups excluding carboxylic acids is 3. The highest BCUT2D eigenvalue weighted by atomic mass is 16.5. The lowest BCUT2D eigenvalue weighted by atomic mass is 9.71. The first-order chi connectivity index (χ1) is 17.3. The summed E-state index contributed by atoms with van der Waals surface area (Å²) in [5.41, 5.74) is 2.06. The molecule has 204 valence electrons. The van der Waals surface area contributed by atoms with Gasteiger partial charge in [0.15, 0.2) is 11.9 Å². The van der Waals surface area contributed by atoms with Gasteiger partial charge in [0.1, 0.15) is 0 Å². The zero-order valence-corrected chi connectivity index (χ0v) is 23.3. The fraction of sp³-hybridized carbons (Fsp3) is 0.500. The SMILES string of the molecule is C/C=C/C=C(C)/C=C/C=C(C)/C=C/C1=C(C)C(=O)C(OC(=O)CCC(=O)NC(C)(CO)CO)CC1(C)C. The van der Waals surface area contributed by atoms with Crippen molar-refractivity contribution in [2.24, 2.45) is 5.41 Å². The van der Waals surface area contributed by atoms with E-state index in [1.165, 1.54) is 6.92 Å². The van der Waals surface area contributed by atoms with Crippen LogP contribution in [0, 0.1) is 5.41 Å². The lowest BCUT2D eigenvalue weighted by molar-refractivity contribution is -0.156. The van der Waals surface area contributed by atoms with E-state index >= 15 is 0 Å². The molecular formula is C30H43NO6. The van der Waals surface area contributed by atoms with Crippen molar-refractivity contribution in [2.45, 2.75) is 79.4 Å². The highest BCUT2D eigenvalue weighted by Gasteiger charge is 2.39. The molecule has 1 rings (SSSR count). The molecule has 3 N–H and O–H groups in total. The van der Waals surface area contributed by atoms with Gasteiger partial charge in [0, 0.05) is 12.8 Å². The summed E-state index contributed by atoms with van der Waals surface area (Å²) >= 11 is 0. The molecule has 0 fully saturated rings. The van der Waals surface area contributed by atoms with Crippen LogP contribution in [0.1, 0.15) is 67.7 Å². The third kappa shape index (κ3) is 10.5. The molecule has 1 aliphatic carbocycles. The number of nitrogens with one attached hydrogen (secondary N) is 1. The van der Waals surface area contributed by atoms with Crippen LogP contribution < -0.4 is 5.32 Å². The normalized spacial score (nSPS) is 19.4. The summed E-state index contributed by atoms with van der Waals surface area (Å²) in [6.45, 7) is 12.4. The number of amides is 1. The molecule has 0 radical (unpaired) electrons. The average molecular weight is 514 g/mol. The third-order valence-electron chi connectivity index (χ3n) is 6.24. The third-order valence-corrected chi connectivity index (χ3v) is 6.24. The van der Waals surface area contributed by atoms with Crippen LogP contribution in [-0.2, 0) is 19.1 Å². The molecule has 0 spiro atoms. The molecule has 1 atom stereocenters. The second-order valence-corrected chi connectivity index (χ2v) is 10.4. The summed E-state index contributed by atoms with van der Waals surface area (Å²) in [5, 5.41) is 21.1. The maximum absolute atomic E-state index is 13.0. The van der Waals surface area contributed by atoms with Crippen LogP contribution in [0.5, 0.6) is 0 Å². The second-order valence-electron chi connectivity index (χ2n) is 10.4. The van der Waals surface area contributed by atoms with E-state index in [4.69, 9.17) is 4.74 Å². The molecule has 7 nitrogen and oxygen atoms in total. The van der Waals surface area contributed by atoms with Crippen LogP contribution >= 0.6 is 0 Å². The first kappa shape index (κ1) is 32.0. The van der Waals surface area contributed by atoms with Crippen molar-refractivity contribution < 1.29 is 29.3 Å². The van der Waals surface area contributed by atoms with Crippen molar-refractivity contribution in [1.29, 1.82) is 0 Å². The standard InChI is InChI=1S/C30H43NO6/c1-8-9-11-21(2)12-10-13-22(3)14-15-24-23(4)28(36)25(18-29(24,5)6)37-27(35)17-16-26(34)31-30(7,19-32)20-33/h8-15,25,32-33H,16-20H2,1-7H3,(H,31,34)/b9-8+,12-10+,15-14+,21-11+,22-13+. The van der Waals surface area contributed by atoms with Crippen molar-refractivity contribution in [3.05, 3.63) is 70.9 Å². The zero-order chi connectivity index (χ0) is 28.2. The summed E-state index contributed by atoms with van der Waals surface area (Å²) in [6, 6.07) is 0. The molecule has 0 aromatic heterocycles. The number of ether oxygens (including phenoxy) is 1. The summed E-state index contributed by atoms with van der Waals surface area (Å²) in [5.74, 6) is -1.38. The lowest BCUT2D eigenvalue weighted by Gasteiger charge is -2.36. The van der Waals surface area contributed by atoms with E-state index < -0.39 is 42.1 Å². The van der Waals surface area contributed by atoms with Crippen molar-refractivity contribution in [3.63, 3.8) is 0 Å². The van der Waals surface area contributed by atoms with E-state index in [9.17, 15) is 24.6 Å². The summed E-state index contributed by atoms with van der Waals surface area (Å²) in [4.78, 5) is 37.4. The Morgan fingerprint density at radius 1 is 1.08 bits per heavy atom. The number of hydrogen-bond acceptors (Lipinski definition) is 6. The molecule has 37 heavy (non-hydrogen) atoms. The molecule has 1 amide bonds. The lowest BCUT2D eigenvalue weighted by Crippen LogP contribution is -2.51. The van der Waals surface area contributed by atoms with Crippen LogP contribution in [-0.4, -0.2) is 52.7 Å². The fourth-order valence-corrected chi connectivity index (χ4v) is 3.88. The smallest absolute Gasteiger partial charge is 0.307 e. The molecule has 0 saturated carbocycles. The topological polar surface area (TPSA) is 113 Å². The van der Waals surface area contributed by atoms with Gasteiger partial charge in [-0.15, -0.1) is 0 Å².